The van der Waals surface area contributed by atoms with E-state index in [2.05, 4.69) is 5.32 Å². The fourth-order valence-corrected chi connectivity index (χ4v) is 6.23. The minimum absolute atomic E-state index is 0.00231. The Balaban J connectivity index is 1.50. The standard InChI is InChI=1S/C33H44N4O4/c1-22(2)37(23(3)4)33(41)29-19-27(32(40)36(24(29)5)18-10-17-35-16-9-15-31(35)39)20-30(38)34-21-26-13-8-12-25-11-6-7-14-28(25)26/h6-8,11-14,22-23,27H,9-10,15-21H2,1-5H3,(H,34,38). The Morgan fingerprint density at radius 1 is 1.00 bits per heavy atom. The summed E-state index contributed by atoms with van der Waals surface area (Å²) in [6.45, 7) is 11.9. The molecule has 0 aliphatic carbocycles. The maximum atomic E-state index is 13.8. The van der Waals surface area contributed by atoms with Gasteiger partial charge in [0.15, 0.2) is 0 Å². The first-order chi connectivity index (χ1) is 19.6. The van der Waals surface area contributed by atoms with E-state index < -0.39 is 5.92 Å². The van der Waals surface area contributed by atoms with Gasteiger partial charge in [-0.15, -0.1) is 0 Å². The van der Waals surface area contributed by atoms with Crippen LogP contribution in [0.3, 0.4) is 0 Å². The molecule has 2 aliphatic heterocycles. The lowest BCUT2D eigenvalue weighted by Crippen LogP contribution is -2.48. The molecule has 4 amide bonds. The summed E-state index contributed by atoms with van der Waals surface area (Å²) in [6.07, 6.45) is 2.32. The topological polar surface area (TPSA) is 90.0 Å². The molecule has 0 aromatic heterocycles. The van der Waals surface area contributed by atoms with E-state index >= 15 is 0 Å². The number of nitrogens with one attached hydrogen (secondary N) is 1. The fourth-order valence-electron chi connectivity index (χ4n) is 6.23. The second-order valence-corrected chi connectivity index (χ2v) is 11.8. The smallest absolute Gasteiger partial charge is 0.252 e. The van der Waals surface area contributed by atoms with Gasteiger partial charge in [-0.25, -0.2) is 0 Å². The first-order valence-electron chi connectivity index (χ1n) is 14.9. The highest BCUT2D eigenvalue weighted by molar-refractivity contribution is 5.99. The number of rotatable bonds is 11. The first-order valence-corrected chi connectivity index (χ1v) is 14.9. The van der Waals surface area contributed by atoms with Crippen LogP contribution in [0, 0.1) is 5.92 Å². The largest absolute Gasteiger partial charge is 0.352 e. The summed E-state index contributed by atoms with van der Waals surface area (Å²) in [6, 6.07) is 14.1. The Morgan fingerprint density at radius 2 is 1.71 bits per heavy atom. The number of benzene rings is 2. The van der Waals surface area contributed by atoms with Crippen LogP contribution in [0.15, 0.2) is 53.7 Å². The van der Waals surface area contributed by atoms with Gasteiger partial charge >= 0.3 is 0 Å². The number of carbonyl (C=O) groups excluding carboxylic acids is 4. The molecule has 2 heterocycles. The van der Waals surface area contributed by atoms with Gasteiger partial charge in [0.2, 0.25) is 17.7 Å². The van der Waals surface area contributed by atoms with E-state index in [1.807, 2.05) is 86.9 Å². The Hall–Kier alpha value is -3.68. The normalized spacial score (nSPS) is 17.8. The van der Waals surface area contributed by atoms with E-state index in [1.165, 1.54) is 0 Å². The molecule has 0 radical (unpaired) electrons. The molecule has 1 N–H and O–H groups in total. The molecular formula is C33H44N4O4. The third kappa shape index (κ3) is 6.97. The third-order valence-electron chi connectivity index (χ3n) is 8.28. The maximum Gasteiger partial charge on any atom is 0.252 e. The number of amides is 4. The molecule has 4 rings (SSSR count). The van der Waals surface area contributed by atoms with Crippen molar-refractivity contribution in [3.8, 4) is 0 Å². The number of fused-ring (bicyclic) bond motifs is 1. The molecule has 1 fully saturated rings. The molecule has 2 aromatic carbocycles. The molecule has 8 nitrogen and oxygen atoms in total. The summed E-state index contributed by atoms with van der Waals surface area (Å²) in [5.74, 6) is -0.897. The minimum Gasteiger partial charge on any atom is -0.352 e. The van der Waals surface area contributed by atoms with E-state index in [-0.39, 0.29) is 48.6 Å². The predicted molar refractivity (Wildman–Crippen MR) is 160 cm³/mol. The number of carbonyl (C=O) groups is 4. The number of nitrogens with zero attached hydrogens (tertiary/aromatic N) is 3. The molecule has 2 aliphatic rings. The van der Waals surface area contributed by atoms with Gasteiger partial charge in [-0.05, 0) is 70.2 Å². The SMILES string of the molecule is CC1=C(C(=O)N(C(C)C)C(C)C)CC(CC(=O)NCc2cccc3ccccc23)C(=O)N1CCCN1CCCC1=O. The Labute approximate surface area is 243 Å². The zero-order valence-corrected chi connectivity index (χ0v) is 25.1. The molecule has 8 heteroatoms. The van der Waals surface area contributed by atoms with Crippen LogP contribution in [0.1, 0.15) is 72.3 Å². The van der Waals surface area contributed by atoms with Gasteiger partial charge in [0, 0.05) is 62.4 Å². The van der Waals surface area contributed by atoms with Crippen molar-refractivity contribution in [2.45, 2.75) is 85.4 Å². The highest BCUT2D eigenvalue weighted by Crippen LogP contribution is 2.32. The van der Waals surface area contributed by atoms with Gasteiger partial charge in [0.1, 0.15) is 0 Å². The third-order valence-corrected chi connectivity index (χ3v) is 8.28. The molecule has 0 spiro atoms. The van der Waals surface area contributed by atoms with Crippen LogP contribution in [-0.4, -0.2) is 70.0 Å². The van der Waals surface area contributed by atoms with Crippen molar-refractivity contribution < 1.29 is 19.2 Å². The maximum absolute atomic E-state index is 13.8. The van der Waals surface area contributed by atoms with Crippen LogP contribution >= 0.6 is 0 Å². The Bertz CT molecular complexity index is 1320. The molecule has 0 bridgehead atoms. The highest BCUT2D eigenvalue weighted by atomic mass is 16.2. The lowest BCUT2D eigenvalue weighted by atomic mass is 9.88. The van der Waals surface area contributed by atoms with Crippen molar-refractivity contribution >= 4 is 34.4 Å². The van der Waals surface area contributed by atoms with Crippen molar-refractivity contribution in [2.24, 2.45) is 5.92 Å². The Morgan fingerprint density at radius 3 is 2.39 bits per heavy atom. The van der Waals surface area contributed by atoms with Gasteiger partial charge in [-0.2, -0.15) is 0 Å². The highest BCUT2D eigenvalue weighted by Gasteiger charge is 2.38. The van der Waals surface area contributed by atoms with Crippen LogP contribution < -0.4 is 5.32 Å². The van der Waals surface area contributed by atoms with Crippen molar-refractivity contribution in [2.75, 3.05) is 19.6 Å². The minimum atomic E-state index is -0.625. The average Bonchev–Trinajstić information content (AvgIpc) is 3.34. The number of allylic oxidation sites excluding steroid dienone is 1. The van der Waals surface area contributed by atoms with Gasteiger partial charge in [-0.1, -0.05) is 42.5 Å². The van der Waals surface area contributed by atoms with E-state index in [9.17, 15) is 19.2 Å². The Kier molecular flexibility index (Phi) is 9.84. The molecular weight excluding hydrogens is 516 g/mol. The molecule has 1 saturated heterocycles. The van der Waals surface area contributed by atoms with Gasteiger partial charge < -0.3 is 20.0 Å². The zero-order valence-electron chi connectivity index (χ0n) is 25.1. The second kappa shape index (κ2) is 13.3. The fraction of sp³-hybridized carbons (Fsp3) is 0.515. The van der Waals surface area contributed by atoms with E-state index in [0.717, 1.165) is 29.3 Å². The van der Waals surface area contributed by atoms with Crippen LogP contribution in [0.2, 0.25) is 0 Å². The van der Waals surface area contributed by atoms with Crippen molar-refractivity contribution in [1.29, 1.82) is 0 Å². The van der Waals surface area contributed by atoms with Gasteiger partial charge in [0.05, 0.1) is 5.92 Å². The van der Waals surface area contributed by atoms with E-state index in [4.69, 9.17) is 0 Å². The summed E-state index contributed by atoms with van der Waals surface area (Å²) in [5.41, 5.74) is 2.27. The molecule has 0 saturated carbocycles. The average molecular weight is 561 g/mol. The summed E-state index contributed by atoms with van der Waals surface area (Å²) >= 11 is 0. The van der Waals surface area contributed by atoms with Crippen molar-refractivity contribution in [3.63, 3.8) is 0 Å². The van der Waals surface area contributed by atoms with E-state index in [1.54, 1.807) is 4.90 Å². The number of likely N-dealkylation sites (tertiary alicyclic amines) is 1. The quantitative estimate of drug-likeness (QED) is 0.434. The summed E-state index contributed by atoms with van der Waals surface area (Å²) in [7, 11) is 0. The lowest BCUT2D eigenvalue weighted by molar-refractivity contribution is -0.139. The van der Waals surface area contributed by atoms with Crippen LogP contribution in [0.25, 0.3) is 10.8 Å². The lowest BCUT2D eigenvalue weighted by Gasteiger charge is -2.38. The van der Waals surface area contributed by atoms with Gasteiger partial charge in [-0.3, -0.25) is 19.2 Å². The molecule has 220 valence electrons. The van der Waals surface area contributed by atoms with Gasteiger partial charge in [0.25, 0.3) is 5.91 Å². The summed E-state index contributed by atoms with van der Waals surface area (Å²) < 4.78 is 0. The summed E-state index contributed by atoms with van der Waals surface area (Å²) in [5, 5.41) is 5.20. The zero-order chi connectivity index (χ0) is 29.7. The van der Waals surface area contributed by atoms with E-state index in [0.29, 0.717) is 43.7 Å². The van der Waals surface area contributed by atoms with Crippen LogP contribution in [0.5, 0.6) is 0 Å². The predicted octanol–water partition coefficient (Wildman–Crippen LogP) is 4.63. The van der Waals surface area contributed by atoms with Crippen molar-refractivity contribution in [3.05, 3.63) is 59.3 Å². The van der Waals surface area contributed by atoms with Crippen LogP contribution in [0.4, 0.5) is 0 Å². The number of hydrogen-bond acceptors (Lipinski definition) is 4. The summed E-state index contributed by atoms with van der Waals surface area (Å²) in [4.78, 5) is 58.1. The monoisotopic (exact) mass is 560 g/mol. The van der Waals surface area contributed by atoms with Crippen LogP contribution in [-0.2, 0) is 25.7 Å². The molecule has 1 atom stereocenters. The van der Waals surface area contributed by atoms with Crippen molar-refractivity contribution in [1.82, 2.24) is 20.0 Å². The second-order valence-electron chi connectivity index (χ2n) is 11.8. The molecule has 1 unspecified atom stereocenters. The molecule has 41 heavy (non-hydrogen) atoms. The molecule has 2 aromatic rings. The first kappa shape index (κ1) is 30.3. The number of hydrogen-bond donors (Lipinski definition) is 1.